The van der Waals surface area contributed by atoms with Crippen molar-refractivity contribution in [3.63, 3.8) is 0 Å². The van der Waals surface area contributed by atoms with Crippen molar-refractivity contribution in [1.29, 1.82) is 0 Å². The first-order chi connectivity index (χ1) is 7.18. The van der Waals surface area contributed by atoms with Crippen molar-refractivity contribution in [2.24, 2.45) is 5.92 Å². The number of para-hydroxylation sites is 1. The van der Waals surface area contributed by atoms with Gasteiger partial charge in [0.1, 0.15) is 0 Å². The Labute approximate surface area is 90.9 Å². The minimum absolute atomic E-state index is 0.0348. The predicted octanol–water partition coefficient (Wildman–Crippen LogP) is 1.87. The Hall–Kier alpha value is -1.51. The summed E-state index contributed by atoms with van der Waals surface area (Å²) in [5, 5.41) is 5.91. The summed E-state index contributed by atoms with van der Waals surface area (Å²) in [5.74, 6) is 0.526. The second-order valence-corrected chi connectivity index (χ2v) is 3.92. The highest BCUT2D eigenvalue weighted by molar-refractivity contribution is 5.80. The molecule has 0 fully saturated rings. The fourth-order valence-corrected chi connectivity index (χ4v) is 1.12. The molecular weight excluding hydrogens is 188 g/mol. The molecule has 2 N–H and O–H groups in total. The number of anilines is 1. The van der Waals surface area contributed by atoms with Crippen molar-refractivity contribution >= 4 is 11.6 Å². The van der Waals surface area contributed by atoms with Gasteiger partial charge in [0.15, 0.2) is 0 Å². The Balaban J connectivity index is 2.23. The summed E-state index contributed by atoms with van der Waals surface area (Å²) in [6.45, 7) is 5.21. The predicted molar refractivity (Wildman–Crippen MR) is 62.8 cm³/mol. The smallest absolute Gasteiger partial charge is 0.239 e. The zero-order valence-electron chi connectivity index (χ0n) is 9.29. The van der Waals surface area contributed by atoms with Crippen LogP contribution >= 0.6 is 0 Å². The Morgan fingerprint density at radius 2 is 1.93 bits per heavy atom. The molecule has 0 saturated carbocycles. The van der Waals surface area contributed by atoms with E-state index in [1.54, 1.807) is 0 Å². The average molecular weight is 206 g/mol. The molecule has 1 aromatic rings. The number of benzene rings is 1. The van der Waals surface area contributed by atoms with Gasteiger partial charge in [-0.05, 0) is 18.1 Å². The van der Waals surface area contributed by atoms with Crippen LogP contribution in [0.3, 0.4) is 0 Å². The first kappa shape index (κ1) is 11.6. The Bertz CT molecular complexity index is 296. The number of carbonyl (C=O) groups excluding carboxylic acids is 1. The summed E-state index contributed by atoms with van der Waals surface area (Å²) in [6, 6.07) is 9.71. The number of hydrogen-bond donors (Lipinski definition) is 2. The molecule has 0 atom stereocenters. The number of nitrogens with one attached hydrogen (secondary N) is 2. The van der Waals surface area contributed by atoms with Crippen LogP contribution in [0.2, 0.25) is 0 Å². The number of carbonyl (C=O) groups is 1. The minimum atomic E-state index is 0.0348. The van der Waals surface area contributed by atoms with Crippen LogP contribution in [-0.2, 0) is 4.79 Å². The van der Waals surface area contributed by atoms with Crippen molar-refractivity contribution in [3.05, 3.63) is 30.3 Å². The van der Waals surface area contributed by atoms with Gasteiger partial charge in [-0.1, -0.05) is 32.0 Å². The molecule has 0 aliphatic heterocycles. The maximum absolute atomic E-state index is 11.3. The van der Waals surface area contributed by atoms with Gasteiger partial charge in [0, 0.05) is 12.2 Å². The maximum Gasteiger partial charge on any atom is 0.239 e. The maximum atomic E-state index is 11.3. The molecule has 0 spiro atoms. The van der Waals surface area contributed by atoms with Gasteiger partial charge in [-0.2, -0.15) is 0 Å². The molecule has 0 aliphatic carbocycles. The summed E-state index contributed by atoms with van der Waals surface area (Å²) < 4.78 is 0. The van der Waals surface area contributed by atoms with Crippen LogP contribution < -0.4 is 10.6 Å². The van der Waals surface area contributed by atoms with E-state index in [9.17, 15) is 4.79 Å². The lowest BCUT2D eigenvalue weighted by atomic mass is 10.2. The molecule has 0 bridgehead atoms. The molecule has 0 saturated heterocycles. The van der Waals surface area contributed by atoms with Crippen molar-refractivity contribution in [2.45, 2.75) is 13.8 Å². The molecule has 0 aromatic heterocycles. The lowest BCUT2D eigenvalue weighted by Gasteiger charge is -2.09. The molecule has 1 rings (SSSR count). The highest BCUT2D eigenvalue weighted by Crippen LogP contribution is 2.03. The van der Waals surface area contributed by atoms with Crippen LogP contribution in [0.5, 0.6) is 0 Å². The molecule has 0 heterocycles. The molecule has 3 heteroatoms. The van der Waals surface area contributed by atoms with Crippen molar-refractivity contribution in [3.8, 4) is 0 Å². The second-order valence-electron chi connectivity index (χ2n) is 3.92. The van der Waals surface area contributed by atoms with Crippen LogP contribution in [-0.4, -0.2) is 19.0 Å². The van der Waals surface area contributed by atoms with Crippen molar-refractivity contribution < 1.29 is 4.79 Å². The normalized spacial score (nSPS) is 10.1. The summed E-state index contributed by atoms with van der Waals surface area (Å²) in [4.78, 5) is 11.3. The molecule has 0 aliphatic rings. The molecule has 82 valence electrons. The van der Waals surface area contributed by atoms with E-state index < -0.39 is 0 Å². The monoisotopic (exact) mass is 206 g/mol. The van der Waals surface area contributed by atoms with E-state index in [0.717, 1.165) is 12.2 Å². The van der Waals surface area contributed by atoms with Gasteiger partial charge in [-0.15, -0.1) is 0 Å². The molecule has 0 radical (unpaired) electrons. The summed E-state index contributed by atoms with van der Waals surface area (Å²) >= 11 is 0. The average Bonchev–Trinajstić information content (AvgIpc) is 2.25. The molecule has 1 aromatic carbocycles. The first-order valence-corrected chi connectivity index (χ1v) is 5.24. The number of rotatable bonds is 5. The van der Waals surface area contributed by atoms with E-state index in [2.05, 4.69) is 24.5 Å². The summed E-state index contributed by atoms with van der Waals surface area (Å²) in [5.41, 5.74) is 0.970. The fourth-order valence-electron chi connectivity index (χ4n) is 1.12. The highest BCUT2D eigenvalue weighted by atomic mass is 16.1. The van der Waals surface area contributed by atoms with Crippen molar-refractivity contribution in [1.82, 2.24) is 5.32 Å². The highest BCUT2D eigenvalue weighted by Gasteiger charge is 2.01. The summed E-state index contributed by atoms with van der Waals surface area (Å²) in [7, 11) is 0. The van der Waals surface area contributed by atoms with E-state index in [0.29, 0.717) is 12.5 Å². The molecular formula is C12H18N2O. The third kappa shape index (κ3) is 5.05. The topological polar surface area (TPSA) is 41.1 Å². The van der Waals surface area contributed by atoms with Gasteiger partial charge < -0.3 is 10.6 Å². The van der Waals surface area contributed by atoms with Gasteiger partial charge in [-0.3, -0.25) is 4.79 Å². The van der Waals surface area contributed by atoms with Gasteiger partial charge in [-0.25, -0.2) is 0 Å². The minimum Gasteiger partial charge on any atom is -0.376 e. The zero-order chi connectivity index (χ0) is 11.1. The van der Waals surface area contributed by atoms with Gasteiger partial charge in [0.2, 0.25) is 5.91 Å². The Morgan fingerprint density at radius 1 is 1.27 bits per heavy atom. The van der Waals surface area contributed by atoms with E-state index in [1.165, 1.54) is 0 Å². The number of amides is 1. The zero-order valence-corrected chi connectivity index (χ0v) is 9.29. The Kier molecular flexibility index (Phi) is 4.68. The van der Waals surface area contributed by atoms with E-state index in [-0.39, 0.29) is 5.91 Å². The van der Waals surface area contributed by atoms with Gasteiger partial charge in [0.05, 0.1) is 6.54 Å². The molecule has 15 heavy (non-hydrogen) atoms. The van der Waals surface area contributed by atoms with Gasteiger partial charge in [0.25, 0.3) is 0 Å². The van der Waals surface area contributed by atoms with Crippen LogP contribution in [0, 0.1) is 5.92 Å². The third-order valence-corrected chi connectivity index (χ3v) is 1.93. The van der Waals surface area contributed by atoms with E-state index in [1.807, 2.05) is 30.3 Å². The largest absolute Gasteiger partial charge is 0.376 e. The fraction of sp³-hybridized carbons (Fsp3) is 0.417. The molecule has 3 nitrogen and oxygen atoms in total. The first-order valence-electron chi connectivity index (χ1n) is 5.24. The molecule has 1 amide bonds. The second kappa shape index (κ2) is 6.06. The summed E-state index contributed by atoms with van der Waals surface area (Å²) in [6.07, 6.45) is 0. The van der Waals surface area contributed by atoms with Crippen LogP contribution in [0.25, 0.3) is 0 Å². The third-order valence-electron chi connectivity index (χ3n) is 1.93. The van der Waals surface area contributed by atoms with Crippen LogP contribution in [0.1, 0.15) is 13.8 Å². The Morgan fingerprint density at radius 3 is 2.53 bits per heavy atom. The van der Waals surface area contributed by atoms with Crippen LogP contribution in [0.4, 0.5) is 5.69 Å². The number of hydrogen-bond acceptors (Lipinski definition) is 2. The van der Waals surface area contributed by atoms with E-state index in [4.69, 9.17) is 0 Å². The standard InChI is InChI=1S/C12H18N2O/c1-10(2)8-14-12(15)9-13-11-6-4-3-5-7-11/h3-7,10,13H,8-9H2,1-2H3,(H,14,15). The molecule has 0 unspecified atom stereocenters. The lowest BCUT2D eigenvalue weighted by Crippen LogP contribution is -2.32. The van der Waals surface area contributed by atoms with Gasteiger partial charge >= 0.3 is 0 Å². The quantitative estimate of drug-likeness (QED) is 0.772. The van der Waals surface area contributed by atoms with Crippen molar-refractivity contribution in [2.75, 3.05) is 18.4 Å². The SMILES string of the molecule is CC(C)CNC(=O)CNc1ccccc1. The van der Waals surface area contributed by atoms with Crippen LogP contribution in [0.15, 0.2) is 30.3 Å². The van der Waals surface area contributed by atoms with E-state index >= 15 is 0 Å². The lowest BCUT2D eigenvalue weighted by molar-refractivity contribution is -0.119.